The first kappa shape index (κ1) is 20.4. The van der Waals surface area contributed by atoms with Crippen molar-refractivity contribution in [3.63, 3.8) is 0 Å². The summed E-state index contributed by atoms with van der Waals surface area (Å²) in [4.78, 5) is 33.3. The van der Waals surface area contributed by atoms with Crippen LogP contribution in [-0.4, -0.2) is 75.2 Å². The summed E-state index contributed by atoms with van der Waals surface area (Å²) in [5, 5.41) is 10.9. The lowest BCUT2D eigenvalue weighted by Crippen LogP contribution is -2.60. The van der Waals surface area contributed by atoms with Crippen LogP contribution in [0, 0.1) is 18.2 Å². The Labute approximate surface area is 173 Å². The first-order valence-electron chi connectivity index (χ1n) is 9.99. The molecule has 1 N–H and O–H groups in total. The zero-order valence-corrected chi connectivity index (χ0v) is 17.1. The number of piperidine rings is 2. The molecule has 0 saturated carbocycles. The number of aliphatic hydroxyl groups excluding tert-OH is 1. The monoisotopic (exact) mass is 416 g/mol. The van der Waals surface area contributed by atoms with Gasteiger partial charge < -0.3 is 19.6 Å². The number of halogens is 1. The second-order valence-electron chi connectivity index (χ2n) is 7.99. The molecule has 4 rings (SSSR count). The summed E-state index contributed by atoms with van der Waals surface area (Å²) in [5.41, 5.74) is 0.524. The number of hydrogen-bond donors (Lipinski definition) is 1. The largest absolute Gasteiger partial charge is 0.479 e. The van der Waals surface area contributed by atoms with Crippen LogP contribution >= 0.6 is 0 Å². The van der Waals surface area contributed by atoms with Crippen molar-refractivity contribution in [2.24, 2.45) is 5.41 Å². The third kappa shape index (κ3) is 3.79. The SMILES string of the molecule is COc1nc(N2CC[C@@H](O)[C@]3(CCCN(C(=O)c4cnc(C)cn4)C3)C2)ncc1F. The summed E-state index contributed by atoms with van der Waals surface area (Å²) >= 11 is 0. The van der Waals surface area contributed by atoms with Gasteiger partial charge in [-0.3, -0.25) is 9.78 Å². The van der Waals surface area contributed by atoms with Crippen LogP contribution in [0.3, 0.4) is 0 Å². The molecule has 2 saturated heterocycles. The van der Waals surface area contributed by atoms with E-state index in [0.717, 1.165) is 24.7 Å². The van der Waals surface area contributed by atoms with E-state index < -0.39 is 17.3 Å². The molecule has 160 valence electrons. The van der Waals surface area contributed by atoms with Crippen LogP contribution in [-0.2, 0) is 0 Å². The van der Waals surface area contributed by atoms with Gasteiger partial charge in [0.1, 0.15) is 5.69 Å². The van der Waals surface area contributed by atoms with E-state index in [1.54, 1.807) is 11.1 Å². The van der Waals surface area contributed by atoms with Crippen LogP contribution in [0.15, 0.2) is 18.6 Å². The molecule has 2 fully saturated rings. The lowest BCUT2D eigenvalue weighted by atomic mass is 9.71. The van der Waals surface area contributed by atoms with Gasteiger partial charge in [-0.15, -0.1) is 0 Å². The van der Waals surface area contributed by atoms with Crippen LogP contribution in [0.5, 0.6) is 5.88 Å². The Balaban J connectivity index is 1.55. The number of ether oxygens (including phenoxy) is 1. The number of methoxy groups -OCH3 is 1. The Morgan fingerprint density at radius 2 is 2.07 bits per heavy atom. The minimum atomic E-state index is -0.623. The number of aliphatic hydroxyl groups is 1. The Morgan fingerprint density at radius 1 is 1.23 bits per heavy atom. The maximum Gasteiger partial charge on any atom is 0.274 e. The van der Waals surface area contributed by atoms with E-state index in [1.807, 2.05) is 11.8 Å². The van der Waals surface area contributed by atoms with Crippen molar-refractivity contribution < 1.29 is 19.0 Å². The van der Waals surface area contributed by atoms with Crippen molar-refractivity contribution in [1.82, 2.24) is 24.8 Å². The van der Waals surface area contributed by atoms with Gasteiger partial charge in [0.15, 0.2) is 0 Å². The van der Waals surface area contributed by atoms with E-state index in [2.05, 4.69) is 19.9 Å². The Morgan fingerprint density at radius 3 is 2.80 bits per heavy atom. The van der Waals surface area contributed by atoms with E-state index in [9.17, 15) is 14.3 Å². The predicted octanol–water partition coefficient (Wildman–Crippen LogP) is 1.22. The quantitative estimate of drug-likeness (QED) is 0.796. The zero-order chi connectivity index (χ0) is 21.3. The molecule has 9 nitrogen and oxygen atoms in total. The van der Waals surface area contributed by atoms with Gasteiger partial charge in [0.05, 0.1) is 31.3 Å². The minimum absolute atomic E-state index is 0.112. The summed E-state index contributed by atoms with van der Waals surface area (Å²) in [5.74, 6) is -0.571. The topological polar surface area (TPSA) is 105 Å². The third-order valence-electron chi connectivity index (χ3n) is 5.96. The number of rotatable bonds is 3. The summed E-state index contributed by atoms with van der Waals surface area (Å²) in [6, 6.07) is 0. The van der Waals surface area contributed by atoms with Crippen LogP contribution < -0.4 is 9.64 Å². The first-order chi connectivity index (χ1) is 14.4. The van der Waals surface area contributed by atoms with Crippen molar-refractivity contribution in [3.8, 4) is 5.88 Å². The second kappa shape index (κ2) is 8.10. The van der Waals surface area contributed by atoms with Crippen molar-refractivity contribution >= 4 is 11.9 Å². The normalized spacial score (nSPS) is 24.2. The summed E-state index contributed by atoms with van der Waals surface area (Å²) in [6.07, 6.45) is 5.64. The lowest BCUT2D eigenvalue weighted by Gasteiger charge is -2.50. The molecule has 10 heteroatoms. The van der Waals surface area contributed by atoms with Crippen molar-refractivity contribution in [2.75, 3.05) is 38.2 Å². The molecule has 2 aromatic heterocycles. The van der Waals surface area contributed by atoms with E-state index in [0.29, 0.717) is 44.2 Å². The van der Waals surface area contributed by atoms with Crippen molar-refractivity contribution in [3.05, 3.63) is 35.8 Å². The maximum absolute atomic E-state index is 13.7. The molecule has 0 unspecified atom stereocenters. The summed E-state index contributed by atoms with van der Waals surface area (Å²) < 4.78 is 18.7. The molecular formula is C20H25FN6O3. The van der Waals surface area contributed by atoms with Crippen LogP contribution in [0.4, 0.5) is 10.3 Å². The minimum Gasteiger partial charge on any atom is -0.479 e. The zero-order valence-electron chi connectivity index (χ0n) is 17.1. The Bertz CT molecular complexity index is 927. The van der Waals surface area contributed by atoms with Crippen LogP contribution in [0.1, 0.15) is 35.4 Å². The van der Waals surface area contributed by atoms with Gasteiger partial charge in [0.2, 0.25) is 11.8 Å². The number of anilines is 1. The van der Waals surface area contributed by atoms with E-state index in [-0.39, 0.29) is 11.8 Å². The fraction of sp³-hybridized carbons (Fsp3) is 0.550. The average molecular weight is 416 g/mol. The molecule has 1 amide bonds. The summed E-state index contributed by atoms with van der Waals surface area (Å²) in [6.45, 7) is 3.82. The van der Waals surface area contributed by atoms with Gasteiger partial charge in [-0.1, -0.05) is 0 Å². The predicted molar refractivity (Wildman–Crippen MR) is 106 cm³/mol. The van der Waals surface area contributed by atoms with Gasteiger partial charge in [0, 0.05) is 37.8 Å². The molecule has 2 atom stereocenters. The van der Waals surface area contributed by atoms with E-state index in [1.165, 1.54) is 13.3 Å². The highest BCUT2D eigenvalue weighted by Crippen LogP contribution is 2.40. The number of carbonyl (C=O) groups excluding carboxylic acids is 1. The number of amides is 1. The standard InChI is InChI=1S/C20H25FN6O3/c1-13-8-23-15(10-22-13)18(29)26-6-3-5-20(11-26)12-27(7-4-16(20)28)19-24-9-14(21)17(25-19)30-2/h8-10,16,28H,3-7,11-12H2,1-2H3/t16-,20+/m1/s1. The fourth-order valence-corrected chi connectivity index (χ4v) is 4.36. The molecule has 0 bridgehead atoms. The van der Waals surface area contributed by atoms with Gasteiger partial charge in [-0.25, -0.2) is 9.97 Å². The second-order valence-corrected chi connectivity index (χ2v) is 7.99. The van der Waals surface area contributed by atoms with Crippen LogP contribution in [0.25, 0.3) is 0 Å². The molecule has 0 aromatic carbocycles. The van der Waals surface area contributed by atoms with Crippen LogP contribution in [0.2, 0.25) is 0 Å². The number of hydrogen-bond acceptors (Lipinski definition) is 8. The molecule has 2 aromatic rings. The third-order valence-corrected chi connectivity index (χ3v) is 5.96. The number of nitrogens with zero attached hydrogens (tertiary/aromatic N) is 6. The maximum atomic E-state index is 13.7. The van der Waals surface area contributed by atoms with E-state index in [4.69, 9.17) is 4.74 Å². The van der Waals surface area contributed by atoms with Gasteiger partial charge in [-0.05, 0) is 26.2 Å². The fourth-order valence-electron chi connectivity index (χ4n) is 4.36. The van der Waals surface area contributed by atoms with Crippen molar-refractivity contribution in [1.29, 1.82) is 0 Å². The Kier molecular flexibility index (Phi) is 5.50. The number of aromatic nitrogens is 4. The molecular weight excluding hydrogens is 391 g/mol. The number of aryl methyl sites for hydroxylation is 1. The first-order valence-corrected chi connectivity index (χ1v) is 9.99. The average Bonchev–Trinajstić information content (AvgIpc) is 2.76. The highest BCUT2D eigenvalue weighted by molar-refractivity contribution is 5.92. The smallest absolute Gasteiger partial charge is 0.274 e. The highest BCUT2D eigenvalue weighted by Gasteiger charge is 2.47. The molecule has 30 heavy (non-hydrogen) atoms. The summed E-state index contributed by atoms with van der Waals surface area (Å²) in [7, 11) is 1.36. The molecule has 2 aliphatic heterocycles. The Hall–Kier alpha value is -2.88. The lowest BCUT2D eigenvalue weighted by molar-refractivity contribution is -0.0365. The van der Waals surface area contributed by atoms with Gasteiger partial charge >= 0.3 is 0 Å². The highest BCUT2D eigenvalue weighted by atomic mass is 19.1. The van der Waals surface area contributed by atoms with Gasteiger partial charge in [0.25, 0.3) is 11.8 Å². The number of likely N-dealkylation sites (tertiary alicyclic amines) is 1. The molecule has 0 radical (unpaired) electrons. The molecule has 4 heterocycles. The molecule has 1 spiro atoms. The van der Waals surface area contributed by atoms with Crippen molar-refractivity contribution in [2.45, 2.75) is 32.3 Å². The molecule has 0 aliphatic carbocycles. The number of carbonyl (C=O) groups is 1. The van der Waals surface area contributed by atoms with Gasteiger partial charge in [-0.2, -0.15) is 9.37 Å². The molecule has 2 aliphatic rings. The van der Waals surface area contributed by atoms with E-state index >= 15 is 0 Å².